The first-order valence-electron chi connectivity index (χ1n) is 8.13. The molecule has 1 fully saturated rings. The molecule has 1 N–H and O–H groups in total. The third-order valence-corrected chi connectivity index (χ3v) is 5.28. The van der Waals surface area contributed by atoms with Gasteiger partial charge in [-0.15, -0.1) is 0 Å². The lowest BCUT2D eigenvalue weighted by atomic mass is 10.1. The number of hydrogen-bond acceptors (Lipinski definition) is 2. The molecule has 2 heteroatoms. The van der Waals surface area contributed by atoms with Gasteiger partial charge in [0.2, 0.25) is 0 Å². The Morgan fingerprint density at radius 3 is 2.22 bits per heavy atom. The summed E-state index contributed by atoms with van der Waals surface area (Å²) in [5.74, 6) is 0. The minimum absolute atomic E-state index is 0.826. The van der Waals surface area contributed by atoms with E-state index in [2.05, 4.69) is 30.3 Å². The second kappa shape index (κ2) is 11.2. The summed E-state index contributed by atoms with van der Waals surface area (Å²) >= 11 is 2.05. The second-order valence-corrected chi connectivity index (χ2v) is 6.93. The van der Waals surface area contributed by atoms with Crippen molar-refractivity contribution in [2.45, 2.75) is 88.8 Å². The van der Waals surface area contributed by atoms with E-state index in [4.69, 9.17) is 0 Å². The predicted molar refractivity (Wildman–Crippen MR) is 85.6 cm³/mol. The van der Waals surface area contributed by atoms with Crippen LogP contribution in [0.15, 0.2) is 0 Å². The van der Waals surface area contributed by atoms with E-state index in [1.165, 1.54) is 77.2 Å². The van der Waals surface area contributed by atoms with E-state index < -0.39 is 0 Å². The molecule has 0 radical (unpaired) electrons. The Kier molecular flexibility index (Phi) is 10.1. The molecule has 0 spiro atoms. The molecule has 108 valence electrons. The Morgan fingerprint density at radius 2 is 1.61 bits per heavy atom. The van der Waals surface area contributed by atoms with Crippen molar-refractivity contribution < 1.29 is 0 Å². The lowest BCUT2D eigenvalue weighted by Gasteiger charge is -2.12. The Morgan fingerprint density at radius 1 is 0.944 bits per heavy atom. The third kappa shape index (κ3) is 7.68. The van der Waals surface area contributed by atoms with E-state index >= 15 is 0 Å². The number of rotatable bonds is 11. The maximum Gasteiger partial charge on any atom is 0.00779 e. The molecule has 1 rings (SSSR count). The van der Waals surface area contributed by atoms with Gasteiger partial charge < -0.3 is 5.32 Å². The molecule has 0 heterocycles. The van der Waals surface area contributed by atoms with Gasteiger partial charge in [0.05, 0.1) is 0 Å². The third-order valence-electron chi connectivity index (χ3n) is 4.18. The SMILES string of the molecule is CCCCCCCCCCNC1CCC(SC)C1. The molecule has 1 aliphatic rings. The number of hydrogen-bond donors (Lipinski definition) is 1. The van der Waals surface area contributed by atoms with E-state index in [-0.39, 0.29) is 0 Å². The van der Waals surface area contributed by atoms with Crippen LogP contribution in [0.2, 0.25) is 0 Å². The summed E-state index contributed by atoms with van der Waals surface area (Å²) in [6.45, 7) is 3.54. The molecule has 2 unspecified atom stereocenters. The average molecular weight is 272 g/mol. The first-order valence-corrected chi connectivity index (χ1v) is 9.41. The molecule has 0 bridgehead atoms. The summed E-state index contributed by atoms with van der Waals surface area (Å²) in [6.07, 6.45) is 17.9. The summed E-state index contributed by atoms with van der Waals surface area (Å²) in [6, 6.07) is 0.826. The van der Waals surface area contributed by atoms with Crippen LogP contribution in [0.25, 0.3) is 0 Å². The smallest absolute Gasteiger partial charge is 0.00779 e. The van der Waals surface area contributed by atoms with Crippen LogP contribution in [0, 0.1) is 0 Å². The van der Waals surface area contributed by atoms with Crippen LogP contribution in [0.5, 0.6) is 0 Å². The van der Waals surface area contributed by atoms with E-state index in [9.17, 15) is 0 Å². The Labute approximate surface area is 119 Å². The van der Waals surface area contributed by atoms with Crippen LogP contribution in [0.3, 0.4) is 0 Å². The van der Waals surface area contributed by atoms with Gasteiger partial charge in [-0.1, -0.05) is 51.9 Å². The van der Waals surface area contributed by atoms with Gasteiger partial charge in [-0.25, -0.2) is 0 Å². The summed E-state index contributed by atoms with van der Waals surface area (Å²) in [5, 5.41) is 4.68. The molecule has 0 aromatic carbocycles. The number of thioether (sulfide) groups is 1. The molecular formula is C16H33NS. The van der Waals surface area contributed by atoms with Gasteiger partial charge in [0.25, 0.3) is 0 Å². The van der Waals surface area contributed by atoms with E-state index in [0.29, 0.717) is 0 Å². The summed E-state index contributed by atoms with van der Waals surface area (Å²) in [4.78, 5) is 0. The normalized spacial score (nSPS) is 23.7. The quantitative estimate of drug-likeness (QED) is 0.531. The fourth-order valence-electron chi connectivity index (χ4n) is 2.90. The van der Waals surface area contributed by atoms with Crippen molar-refractivity contribution in [1.29, 1.82) is 0 Å². The summed E-state index contributed by atoms with van der Waals surface area (Å²) < 4.78 is 0. The number of unbranched alkanes of at least 4 members (excludes halogenated alkanes) is 7. The number of nitrogens with one attached hydrogen (secondary N) is 1. The van der Waals surface area contributed by atoms with Crippen LogP contribution >= 0.6 is 11.8 Å². The van der Waals surface area contributed by atoms with E-state index in [1.807, 2.05) is 0 Å². The maximum atomic E-state index is 3.74. The Balaban J connectivity index is 1.79. The van der Waals surface area contributed by atoms with Crippen LogP contribution in [-0.2, 0) is 0 Å². The van der Waals surface area contributed by atoms with Crippen molar-refractivity contribution in [1.82, 2.24) is 5.32 Å². The van der Waals surface area contributed by atoms with E-state index in [1.54, 1.807) is 0 Å². The molecule has 0 saturated heterocycles. The van der Waals surface area contributed by atoms with Gasteiger partial charge in [0.1, 0.15) is 0 Å². The first kappa shape index (κ1) is 16.4. The molecule has 1 saturated carbocycles. The second-order valence-electron chi connectivity index (χ2n) is 5.80. The Bertz CT molecular complexity index is 184. The standard InChI is InChI=1S/C16H33NS/c1-3-4-5-6-7-8-9-10-13-17-15-11-12-16(14-15)18-2/h15-17H,3-14H2,1-2H3. The topological polar surface area (TPSA) is 12.0 Å². The fourth-order valence-corrected chi connectivity index (χ4v) is 3.70. The summed E-state index contributed by atoms with van der Waals surface area (Å²) in [5.41, 5.74) is 0. The average Bonchev–Trinajstić information content (AvgIpc) is 2.85. The Hall–Kier alpha value is 0.310. The van der Waals surface area contributed by atoms with Crippen LogP contribution in [-0.4, -0.2) is 24.1 Å². The van der Waals surface area contributed by atoms with Gasteiger partial charge in [0.15, 0.2) is 0 Å². The monoisotopic (exact) mass is 271 g/mol. The molecule has 2 atom stereocenters. The van der Waals surface area contributed by atoms with Crippen LogP contribution < -0.4 is 5.32 Å². The molecule has 1 aliphatic carbocycles. The predicted octanol–water partition coefficient (Wildman–Crippen LogP) is 5.00. The fraction of sp³-hybridized carbons (Fsp3) is 1.00. The highest BCUT2D eigenvalue weighted by Gasteiger charge is 2.22. The van der Waals surface area contributed by atoms with Crippen molar-refractivity contribution in [3.05, 3.63) is 0 Å². The zero-order valence-electron chi connectivity index (χ0n) is 12.5. The van der Waals surface area contributed by atoms with Crippen molar-refractivity contribution in [3.8, 4) is 0 Å². The van der Waals surface area contributed by atoms with Crippen LogP contribution in [0.4, 0.5) is 0 Å². The van der Waals surface area contributed by atoms with E-state index in [0.717, 1.165) is 11.3 Å². The molecule has 1 nitrogen and oxygen atoms in total. The zero-order chi connectivity index (χ0) is 13.1. The molecule has 0 aromatic heterocycles. The maximum absolute atomic E-state index is 3.74. The van der Waals surface area contributed by atoms with Crippen molar-refractivity contribution in [3.63, 3.8) is 0 Å². The van der Waals surface area contributed by atoms with Crippen molar-refractivity contribution in [2.24, 2.45) is 0 Å². The highest BCUT2D eigenvalue weighted by molar-refractivity contribution is 7.99. The lowest BCUT2D eigenvalue weighted by molar-refractivity contribution is 0.495. The lowest BCUT2D eigenvalue weighted by Crippen LogP contribution is -2.27. The van der Waals surface area contributed by atoms with Gasteiger partial charge in [-0.3, -0.25) is 0 Å². The largest absolute Gasteiger partial charge is 0.314 e. The van der Waals surface area contributed by atoms with Crippen LogP contribution in [0.1, 0.15) is 77.6 Å². The minimum Gasteiger partial charge on any atom is -0.314 e. The van der Waals surface area contributed by atoms with Gasteiger partial charge >= 0.3 is 0 Å². The highest BCUT2D eigenvalue weighted by Crippen LogP contribution is 2.28. The molecular weight excluding hydrogens is 238 g/mol. The van der Waals surface area contributed by atoms with Gasteiger partial charge in [0, 0.05) is 11.3 Å². The zero-order valence-corrected chi connectivity index (χ0v) is 13.4. The van der Waals surface area contributed by atoms with Gasteiger partial charge in [-0.05, 0) is 38.5 Å². The molecule has 0 aliphatic heterocycles. The van der Waals surface area contributed by atoms with Crippen molar-refractivity contribution in [2.75, 3.05) is 12.8 Å². The summed E-state index contributed by atoms with van der Waals surface area (Å²) in [7, 11) is 0. The molecule has 0 aromatic rings. The highest BCUT2D eigenvalue weighted by atomic mass is 32.2. The van der Waals surface area contributed by atoms with Gasteiger partial charge in [-0.2, -0.15) is 11.8 Å². The molecule has 0 amide bonds. The minimum atomic E-state index is 0.826. The van der Waals surface area contributed by atoms with Crippen molar-refractivity contribution >= 4 is 11.8 Å². The first-order chi connectivity index (χ1) is 8.86. The molecule has 18 heavy (non-hydrogen) atoms.